The zero-order valence-corrected chi connectivity index (χ0v) is 31.0. The van der Waals surface area contributed by atoms with Gasteiger partial charge in [0.05, 0.1) is 12.1 Å². The number of thiophene rings is 1. The number of carboxylic acid groups (broad SMARTS) is 1. The van der Waals surface area contributed by atoms with Gasteiger partial charge >= 0.3 is 12.1 Å². The highest BCUT2D eigenvalue weighted by atomic mass is 32.1. The summed E-state index contributed by atoms with van der Waals surface area (Å²) < 4.78 is 12.7. The third kappa shape index (κ3) is 8.46. The molecule has 0 spiro atoms. The normalized spacial score (nSPS) is 25.4. The second-order valence-electron chi connectivity index (χ2n) is 15.0. The minimum Gasteiger partial charge on any atom is -0.479 e. The van der Waals surface area contributed by atoms with E-state index in [1.165, 1.54) is 16.2 Å². The van der Waals surface area contributed by atoms with Crippen molar-refractivity contribution in [1.82, 2.24) is 30.5 Å². The Kier molecular flexibility index (Phi) is 10.7. The van der Waals surface area contributed by atoms with Crippen LogP contribution in [0.2, 0.25) is 0 Å². The van der Waals surface area contributed by atoms with E-state index in [0.29, 0.717) is 40.4 Å². The van der Waals surface area contributed by atoms with Gasteiger partial charge in [-0.05, 0) is 83.9 Å². The van der Waals surface area contributed by atoms with Gasteiger partial charge in [-0.3, -0.25) is 9.59 Å². The maximum atomic E-state index is 14.4. The van der Waals surface area contributed by atoms with Crippen LogP contribution in [0.25, 0.3) is 21.7 Å². The van der Waals surface area contributed by atoms with Crippen LogP contribution in [0.4, 0.5) is 10.6 Å². The summed E-state index contributed by atoms with van der Waals surface area (Å²) in [5.41, 5.74) is -1.04. The number of hydrogen-bond donors (Lipinski definition) is 4. The first-order valence-corrected chi connectivity index (χ1v) is 18.8. The molecule has 5 heterocycles. The molecule has 4 N–H and O–H groups in total. The first-order valence-electron chi connectivity index (χ1n) is 17.9. The standard InChI is InChI=1S/C37H47N7O7S/c1-21(2)38-28-15-11-14-25(39-28)30-40-24-16-17-52-29(24)32(42-30)50-23-18-27-31(45)43-37(34(47)48)19-22(37)12-9-7-6-8-10-13-26(33(46)44(27)20-23)41-35(49)51-36(3,4)5/h9,11-12,14-17,21-23,26-27H,6-8,10,13,18-20H2,1-5H3,(H,38,39)(H,41,49)(H,43,45)(H,47,48)/t22-,23-,26+,27+,37-/m1/s1. The summed E-state index contributed by atoms with van der Waals surface area (Å²) in [6, 6.07) is 5.55. The Balaban J connectivity index is 1.31. The van der Waals surface area contributed by atoms with Crippen LogP contribution in [0.5, 0.6) is 5.88 Å². The molecule has 0 unspecified atom stereocenters. The van der Waals surface area contributed by atoms with Crippen LogP contribution in [0.1, 0.15) is 79.6 Å². The van der Waals surface area contributed by atoms with Crippen molar-refractivity contribution in [2.24, 2.45) is 5.92 Å². The van der Waals surface area contributed by atoms with Crippen LogP contribution < -0.4 is 20.7 Å². The third-order valence-corrected chi connectivity index (χ3v) is 10.2. The van der Waals surface area contributed by atoms with Crippen LogP contribution in [0.15, 0.2) is 41.8 Å². The molecule has 3 aromatic rings. The number of allylic oxidation sites excluding steroid dienone is 1. The van der Waals surface area contributed by atoms with E-state index in [2.05, 4.69) is 16.0 Å². The number of aliphatic carboxylic acids is 1. The predicted octanol–water partition coefficient (Wildman–Crippen LogP) is 5.30. The van der Waals surface area contributed by atoms with Crippen molar-refractivity contribution < 1.29 is 33.8 Å². The minimum atomic E-state index is -1.45. The largest absolute Gasteiger partial charge is 0.479 e. The molecule has 3 aliphatic rings. The van der Waals surface area contributed by atoms with Crippen molar-refractivity contribution >= 4 is 51.2 Å². The van der Waals surface area contributed by atoms with Crippen molar-refractivity contribution in [2.75, 3.05) is 11.9 Å². The zero-order chi connectivity index (χ0) is 37.2. The molecule has 2 fully saturated rings. The minimum absolute atomic E-state index is 0.00503. The summed E-state index contributed by atoms with van der Waals surface area (Å²) in [5, 5.41) is 20.9. The monoisotopic (exact) mass is 733 g/mol. The van der Waals surface area contributed by atoms with E-state index in [0.717, 1.165) is 19.3 Å². The summed E-state index contributed by atoms with van der Waals surface area (Å²) in [7, 11) is 0. The lowest BCUT2D eigenvalue weighted by Crippen LogP contribution is -2.56. The van der Waals surface area contributed by atoms with Crippen molar-refractivity contribution in [3.05, 3.63) is 41.8 Å². The molecule has 6 rings (SSSR count). The average Bonchev–Trinajstić information content (AvgIpc) is 3.36. The number of nitrogens with one attached hydrogen (secondary N) is 3. The van der Waals surface area contributed by atoms with Gasteiger partial charge in [0.2, 0.25) is 17.7 Å². The highest BCUT2D eigenvalue weighted by molar-refractivity contribution is 7.17. The molecule has 3 aromatic heterocycles. The Hall–Kier alpha value is -4.79. The number of nitrogens with zero attached hydrogens (tertiary/aromatic N) is 4. The van der Waals surface area contributed by atoms with E-state index in [1.807, 2.05) is 55.6 Å². The Labute approximate surface area is 306 Å². The predicted molar refractivity (Wildman–Crippen MR) is 196 cm³/mol. The molecule has 1 saturated carbocycles. The SMILES string of the molecule is CC(C)Nc1cccc(-c2nc(O[C@@H]3C[C@H]4C(=O)N[C@]5(C(=O)O)C[C@H]5C=CCCCCC[C@H](NC(=O)OC(C)(C)C)C(=O)N4C3)c3sccc3n2)n1. The quantitative estimate of drug-likeness (QED) is 0.231. The summed E-state index contributed by atoms with van der Waals surface area (Å²) in [6.45, 7) is 9.26. The van der Waals surface area contributed by atoms with E-state index < -0.39 is 53.2 Å². The van der Waals surface area contributed by atoms with Crippen molar-refractivity contribution in [3.63, 3.8) is 0 Å². The number of pyridine rings is 1. The molecule has 0 radical (unpaired) electrons. The number of aromatic nitrogens is 3. The van der Waals surface area contributed by atoms with Crippen LogP contribution >= 0.6 is 11.3 Å². The number of hydrogen-bond acceptors (Lipinski definition) is 11. The topological polar surface area (TPSA) is 185 Å². The van der Waals surface area contributed by atoms with E-state index in [1.54, 1.807) is 20.8 Å². The second-order valence-corrected chi connectivity index (χ2v) is 15.9. The number of rotatable bonds is 7. The van der Waals surface area contributed by atoms with Gasteiger partial charge < -0.3 is 35.4 Å². The maximum absolute atomic E-state index is 14.4. The fraction of sp³-hybridized carbons (Fsp3) is 0.541. The van der Waals surface area contributed by atoms with Crippen molar-refractivity contribution in [2.45, 2.75) is 115 Å². The van der Waals surface area contributed by atoms with E-state index in [-0.39, 0.29) is 37.2 Å². The first kappa shape index (κ1) is 37.0. The van der Waals surface area contributed by atoms with Crippen LogP contribution in [-0.4, -0.2) is 90.7 Å². The smallest absolute Gasteiger partial charge is 0.408 e. The Morgan fingerprint density at radius 3 is 2.67 bits per heavy atom. The molecule has 3 amide bonds. The molecule has 2 aliphatic heterocycles. The van der Waals surface area contributed by atoms with Gasteiger partial charge in [-0.25, -0.2) is 19.6 Å². The fourth-order valence-electron chi connectivity index (χ4n) is 6.72. The number of carbonyl (C=O) groups excluding carboxylic acids is 3. The zero-order valence-electron chi connectivity index (χ0n) is 30.2. The number of fused-ring (bicyclic) bond motifs is 3. The number of carbonyl (C=O) groups is 4. The number of anilines is 1. The van der Waals surface area contributed by atoms with Gasteiger partial charge in [-0.2, -0.15) is 4.98 Å². The van der Waals surface area contributed by atoms with Gasteiger partial charge in [0, 0.05) is 18.4 Å². The summed E-state index contributed by atoms with van der Waals surface area (Å²) in [5.74, 6) is -1.21. The number of alkyl carbamates (subject to hydrolysis) is 1. The van der Waals surface area contributed by atoms with Crippen LogP contribution in [-0.2, 0) is 19.1 Å². The molecule has 1 saturated heterocycles. The molecule has 0 aromatic carbocycles. The van der Waals surface area contributed by atoms with Gasteiger partial charge in [0.1, 0.15) is 45.5 Å². The molecule has 14 nitrogen and oxygen atoms in total. The van der Waals surface area contributed by atoms with Crippen LogP contribution in [0, 0.1) is 5.92 Å². The molecular weight excluding hydrogens is 687 g/mol. The molecule has 1 aliphatic carbocycles. The van der Waals surface area contributed by atoms with Crippen molar-refractivity contribution in [1.29, 1.82) is 0 Å². The lowest BCUT2D eigenvalue weighted by molar-refractivity contribution is -0.145. The van der Waals surface area contributed by atoms with Gasteiger partial charge in [0.15, 0.2) is 5.82 Å². The third-order valence-electron chi connectivity index (χ3n) is 9.28. The lowest BCUT2D eigenvalue weighted by Gasteiger charge is -2.30. The Morgan fingerprint density at radius 2 is 1.92 bits per heavy atom. The maximum Gasteiger partial charge on any atom is 0.408 e. The highest BCUT2D eigenvalue weighted by Gasteiger charge is 2.61. The van der Waals surface area contributed by atoms with E-state index in [4.69, 9.17) is 24.4 Å². The first-order chi connectivity index (χ1) is 24.7. The number of carboxylic acids is 1. The van der Waals surface area contributed by atoms with Gasteiger partial charge in [-0.1, -0.05) is 31.1 Å². The summed E-state index contributed by atoms with van der Waals surface area (Å²) in [4.78, 5) is 69.5. The summed E-state index contributed by atoms with van der Waals surface area (Å²) in [6.07, 6.45) is 6.09. The van der Waals surface area contributed by atoms with E-state index >= 15 is 0 Å². The molecule has 5 atom stereocenters. The average molecular weight is 734 g/mol. The van der Waals surface area contributed by atoms with Gasteiger partial charge in [0.25, 0.3) is 0 Å². The number of ether oxygens (including phenoxy) is 2. The second kappa shape index (κ2) is 15.1. The molecule has 0 bridgehead atoms. The number of amides is 3. The molecule has 278 valence electrons. The van der Waals surface area contributed by atoms with E-state index in [9.17, 15) is 24.3 Å². The molecule has 15 heteroatoms. The Morgan fingerprint density at radius 1 is 1.12 bits per heavy atom. The van der Waals surface area contributed by atoms with Gasteiger partial charge in [-0.15, -0.1) is 11.3 Å². The lowest BCUT2D eigenvalue weighted by atomic mass is 10.0. The van der Waals surface area contributed by atoms with Crippen molar-refractivity contribution in [3.8, 4) is 17.4 Å². The highest BCUT2D eigenvalue weighted by Crippen LogP contribution is 2.45. The summed E-state index contributed by atoms with van der Waals surface area (Å²) >= 11 is 1.41. The Bertz CT molecular complexity index is 1860. The molecular formula is C37H47N7O7S. The molecule has 52 heavy (non-hydrogen) atoms. The van der Waals surface area contributed by atoms with Crippen LogP contribution in [0.3, 0.4) is 0 Å². The fourth-order valence-corrected chi connectivity index (χ4v) is 7.48.